The molecule has 4 aromatic rings. The number of carbonyl (C=O) groups is 5. The van der Waals surface area contributed by atoms with Gasteiger partial charge in [-0.3, -0.25) is 34.2 Å². The molecular weight excluding hydrogens is 943 g/mol. The molecule has 9 heterocycles. The summed E-state index contributed by atoms with van der Waals surface area (Å²) >= 11 is 0. The van der Waals surface area contributed by atoms with Crippen molar-refractivity contribution < 1.29 is 24.0 Å². The molecule has 8 fully saturated rings. The molecule has 1 spiro atoms. The van der Waals surface area contributed by atoms with Gasteiger partial charge in [0, 0.05) is 112 Å². The van der Waals surface area contributed by atoms with Gasteiger partial charge < -0.3 is 29.5 Å². The molecule has 1 aromatic carbocycles. The maximum Gasteiger partial charge on any atom is 0.238 e. The summed E-state index contributed by atoms with van der Waals surface area (Å²) in [4.78, 5) is 93.9. The number of fused-ring (bicyclic) bond motifs is 5. The highest BCUT2D eigenvalue weighted by atomic mass is 16.2. The van der Waals surface area contributed by atoms with Gasteiger partial charge in [0.05, 0.1) is 28.9 Å². The molecule has 396 valence electrons. The van der Waals surface area contributed by atoms with Crippen molar-refractivity contribution >= 4 is 57.9 Å². The third-order valence-electron chi connectivity index (χ3n) is 19.8. The fraction of sp³-hybridized carbons (Fsp3) is 0.627. The molecule has 3 saturated carbocycles. The maximum absolute atomic E-state index is 15.4. The van der Waals surface area contributed by atoms with Crippen LogP contribution < -0.4 is 20.4 Å². The van der Waals surface area contributed by atoms with E-state index in [0.29, 0.717) is 83.2 Å². The highest BCUT2D eigenvalue weighted by Crippen LogP contribution is 2.53. The fourth-order valence-electron chi connectivity index (χ4n) is 14.8. The monoisotopic (exact) mass is 1020 g/mol. The van der Waals surface area contributed by atoms with Crippen LogP contribution in [0.25, 0.3) is 22.3 Å². The lowest BCUT2D eigenvalue weighted by atomic mass is 9.72. The second kappa shape index (κ2) is 19.0. The summed E-state index contributed by atoms with van der Waals surface area (Å²) in [5.74, 6) is 3.40. The Morgan fingerprint density at radius 2 is 1.53 bits per heavy atom. The molecule has 9 aliphatic rings. The zero-order valence-corrected chi connectivity index (χ0v) is 44.3. The third kappa shape index (κ3) is 8.88. The fourth-order valence-corrected chi connectivity index (χ4v) is 14.8. The quantitative estimate of drug-likeness (QED) is 0.142. The molecule has 5 amide bonds. The number of rotatable bonds is 11. The number of carbonyl (C=O) groups excluding carboxylic acids is 5. The molecule has 0 radical (unpaired) electrons. The van der Waals surface area contributed by atoms with Crippen molar-refractivity contribution in [2.45, 2.75) is 159 Å². The van der Waals surface area contributed by atoms with Gasteiger partial charge in [-0.15, -0.1) is 0 Å². The van der Waals surface area contributed by atoms with Crippen molar-refractivity contribution in [1.82, 2.24) is 39.5 Å². The third-order valence-corrected chi connectivity index (χ3v) is 19.8. The zero-order chi connectivity index (χ0) is 51.3. The topological polar surface area (TPSA) is 169 Å². The van der Waals surface area contributed by atoms with E-state index >= 15 is 4.79 Å². The Kier molecular flexibility index (Phi) is 12.3. The summed E-state index contributed by atoms with van der Waals surface area (Å²) in [5.41, 5.74) is 5.52. The van der Waals surface area contributed by atoms with Gasteiger partial charge in [0.25, 0.3) is 0 Å². The van der Waals surface area contributed by atoms with Crippen molar-refractivity contribution in [2.75, 3.05) is 67.5 Å². The van der Waals surface area contributed by atoms with Crippen molar-refractivity contribution in [3.8, 4) is 11.3 Å². The first-order valence-electron chi connectivity index (χ1n) is 28.8. The van der Waals surface area contributed by atoms with E-state index in [9.17, 15) is 19.2 Å². The summed E-state index contributed by atoms with van der Waals surface area (Å²) in [7, 11) is 0. The van der Waals surface area contributed by atoms with Crippen LogP contribution in [0.2, 0.25) is 0 Å². The number of aromatic nitrogens is 4. The Morgan fingerprint density at radius 1 is 0.800 bits per heavy atom. The van der Waals surface area contributed by atoms with E-state index in [2.05, 4.69) is 79.9 Å². The first-order valence-corrected chi connectivity index (χ1v) is 28.8. The van der Waals surface area contributed by atoms with Crippen molar-refractivity contribution in [3.63, 3.8) is 0 Å². The van der Waals surface area contributed by atoms with Crippen molar-refractivity contribution in [3.05, 3.63) is 60.0 Å². The molecule has 16 nitrogen and oxygen atoms in total. The highest BCUT2D eigenvalue weighted by Gasteiger charge is 2.57. The van der Waals surface area contributed by atoms with Crippen LogP contribution in [-0.2, 0) is 29.4 Å². The average Bonchev–Trinajstić information content (AvgIpc) is 3.94. The van der Waals surface area contributed by atoms with Crippen LogP contribution in [-0.4, -0.2) is 134 Å². The number of pyridine rings is 2. The number of piperidine rings is 5. The van der Waals surface area contributed by atoms with Crippen molar-refractivity contribution in [1.29, 1.82) is 0 Å². The van der Waals surface area contributed by atoms with Gasteiger partial charge in [-0.05, 0) is 151 Å². The van der Waals surface area contributed by atoms with Gasteiger partial charge in [0.15, 0.2) is 5.82 Å². The first kappa shape index (κ1) is 48.7. The number of benzene rings is 1. The highest BCUT2D eigenvalue weighted by molar-refractivity contribution is 6.09. The minimum absolute atomic E-state index is 0.148. The predicted octanol–water partition coefficient (Wildman–Crippen LogP) is 7.57. The smallest absolute Gasteiger partial charge is 0.238 e. The van der Waals surface area contributed by atoms with E-state index in [1.165, 1.54) is 32.4 Å². The van der Waals surface area contributed by atoms with Gasteiger partial charge in [-0.25, -0.2) is 15.0 Å². The van der Waals surface area contributed by atoms with Crippen LogP contribution in [0, 0.1) is 23.2 Å². The molecule has 3 unspecified atom stereocenters. The Balaban J connectivity index is 0.658. The number of amides is 5. The second-order valence-corrected chi connectivity index (χ2v) is 25.0. The summed E-state index contributed by atoms with van der Waals surface area (Å²) in [6, 6.07) is 14.0. The summed E-state index contributed by atoms with van der Waals surface area (Å²) < 4.78 is 2.20. The molecule has 3 aliphatic carbocycles. The maximum atomic E-state index is 15.4. The molecule has 6 aliphatic heterocycles. The number of hydrogen-bond donors (Lipinski definition) is 2. The van der Waals surface area contributed by atoms with E-state index in [1.807, 2.05) is 28.3 Å². The molecule has 2 bridgehead atoms. The Labute approximate surface area is 440 Å². The van der Waals surface area contributed by atoms with Gasteiger partial charge in [-0.2, -0.15) is 0 Å². The molecule has 16 heteroatoms. The minimum atomic E-state index is -0.683. The predicted molar refractivity (Wildman–Crippen MR) is 287 cm³/mol. The summed E-state index contributed by atoms with van der Waals surface area (Å²) in [6.07, 6.45) is 17.7. The average molecular weight is 1020 g/mol. The number of hydrogen-bond acceptors (Lipinski definition) is 11. The normalized spacial score (nSPS) is 27.8. The van der Waals surface area contributed by atoms with E-state index in [0.717, 1.165) is 114 Å². The Bertz CT molecular complexity index is 2890. The molecule has 5 saturated heterocycles. The van der Waals surface area contributed by atoms with E-state index < -0.39 is 10.8 Å². The Hall–Kier alpha value is -5.90. The molecule has 13 rings (SSSR count). The molecule has 3 atom stereocenters. The number of nitrogens with one attached hydrogen (secondary N) is 2. The van der Waals surface area contributed by atoms with Crippen LogP contribution in [0.5, 0.6) is 0 Å². The lowest BCUT2D eigenvalue weighted by molar-refractivity contribution is -0.149. The zero-order valence-electron chi connectivity index (χ0n) is 44.3. The molecular formula is C59H75N11O5. The number of anilines is 3. The van der Waals surface area contributed by atoms with Crippen LogP contribution in [0.3, 0.4) is 0 Å². The number of nitrogens with zero attached hydrogens (tertiary/aromatic N) is 9. The van der Waals surface area contributed by atoms with Gasteiger partial charge in [0.2, 0.25) is 29.5 Å². The van der Waals surface area contributed by atoms with Crippen LogP contribution >= 0.6 is 0 Å². The number of imidazole rings is 1. The lowest BCUT2D eigenvalue weighted by Crippen LogP contribution is -2.59. The summed E-state index contributed by atoms with van der Waals surface area (Å²) in [6.45, 7) is 12.7. The second-order valence-electron chi connectivity index (χ2n) is 25.0. The van der Waals surface area contributed by atoms with E-state index in [-0.39, 0.29) is 53.5 Å². The largest absolute Gasteiger partial charge is 0.366 e. The van der Waals surface area contributed by atoms with Crippen LogP contribution in [0.4, 0.5) is 17.3 Å². The standard InChI is InChI=1S/C59H75N11O5/c1-36(2)69-35-61-48-31-47(63-54(53(48)69)62-42-8-9-42)40-6-11-46-49(28-40)70(44-29-43(30-44)68-33-38-4-5-39(26-38)34-68)57(75)59(46)18-24-67(25-19-59)56(74)58(3)16-22-66(23-17-58)52(72)27-37-14-20-65(21-15-37)50-12-7-41(32-60-50)45-10-13-51(71)64-55(45)73/h6-7,11-12,28,31-32,35-39,42-45H,4-5,8-10,13-27,29-30,33-34H2,1-3H3,(H,62,63)(H,64,71,73)/t38?,39?,43-,44+,45?. The van der Waals surface area contributed by atoms with Crippen molar-refractivity contribution in [2.24, 2.45) is 23.2 Å². The Morgan fingerprint density at radius 3 is 2.21 bits per heavy atom. The SMILES string of the molecule is CC(C)n1cnc2cc(-c3ccc4c(c3)N([C@H]3C[C@@H](N5CC6CCC(C6)C5)C3)C(=O)C43CCN(C(=O)C4(C)CCN(C(=O)CC5CCN(c6ccc(C7CCC(=O)NC7=O)cn6)CC5)CC4)CC3)nc(NC3CC3)c21. The van der Waals surface area contributed by atoms with Gasteiger partial charge >= 0.3 is 0 Å². The van der Waals surface area contributed by atoms with Crippen LogP contribution in [0.15, 0.2) is 48.9 Å². The summed E-state index contributed by atoms with van der Waals surface area (Å²) in [5, 5.41) is 6.15. The van der Waals surface area contributed by atoms with E-state index in [4.69, 9.17) is 9.97 Å². The van der Waals surface area contributed by atoms with Gasteiger partial charge in [0.1, 0.15) is 11.3 Å². The first-order chi connectivity index (χ1) is 36.3. The lowest BCUT2D eigenvalue weighted by Gasteiger charge is -2.49. The van der Waals surface area contributed by atoms with Crippen LogP contribution in [0.1, 0.15) is 147 Å². The molecule has 3 aromatic heterocycles. The molecule has 2 N–H and O–H groups in total. The van der Waals surface area contributed by atoms with E-state index in [1.54, 1.807) is 6.20 Å². The molecule has 75 heavy (non-hydrogen) atoms. The number of likely N-dealkylation sites (tertiary alicyclic amines) is 3. The van der Waals surface area contributed by atoms with Gasteiger partial charge in [-0.1, -0.05) is 25.1 Å². The number of imide groups is 1. The minimum Gasteiger partial charge on any atom is -0.366 e.